The minimum absolute atomic E-state index is 0.0104. The van der Waals surface area contributed by atoms with Crippen molar-refractivity contribution in [2.24, 2.45) is 0 Å². The number of benzene rings is 1. The second-order valence-corrected chi connectivity index (χ2v) is 11.8. The molecule has 5 rings (SSSR count). The SMILES string of the molecule is CC(C)(C)NS(=O)(=O)c1cncc(-c2nc(NCC(O)c3ccccn3)c3c(-c4ccccc4)ccn3n2)c1. The highest BCUT2D eigenvalue weighted by Crippen LogP contribution is 2.31. The van der Waals surface area contributed by atoms with E-state index >= 15 is 0 Å². The summed E-state index contributed by atoms with van der Waals surface area (Å²) in [6.07, 6.45) is 5.38. The molecule has 0 fully saturated rings. The summed E-state index contributed by atoms with van der Waals surface area (Å²) >= 11 is 0. The molecular formula is C28H29N7O3S. The standard InChI is InChI=1S/C28H29N7O3S/c1-28(2,3)34-39(37,38)21-15-20(16-29-17-21)26-32-27(31-18-24(36)23-11-7-8-13-30-23)25-22(12-14-35(25)33-26)19-9-5-4-6-10-19/h4-17,24,34,36H,18H2,1-3H3,(H,31,32,33). The number of sulfonamides is 1. The van der Waals surface area contributed by atoms with Gasteiger partial charge in [-0.1, -0.05) is 36.4 Å². The van der Waals surface area contributed by atoms with Crippen molar-refractivity contribution >= 4 is 21.4 Å². The van der Waals surface area contributed by atoms with Crippen molar-refractivity contribution in [3.63, 3.8) is 0 Å². The van der Waals surface area contributed by atoms with Crippen molar-refractivity contribution in [3.8, 4) is 22.5 Å². The Hall–Kier alpha value is -4.19. The Balaban J connectivity index is 1.58. The van der Waals surface area contributed by atoms with Crippen LogP contribution in [0.3, 0.4) is 0 Å². The fourth-order valence-corrected chi connectivity index (χ4v) is 5.55. The molecule has 4 aromatic heterocycles. The van der Waals surface area contributed by atoms with Gasteiger partial charge in [-0.3, -0.25) is 9.97 Å². The number of anilines is 1. The van der Waals surface area contributed by atoms with Crippen LogP contribution in [0.1, 0.15) is 32.6 Å². The zero-order valence-electron chi connectivity index (χ0n) is 21.8. The zero-order valence-corrected chi connectivity index (χ0v) is 22.6. The van der Waals surface area contributed by atoms with E-state index in [1.54, 1.807) is 43.6 Å². The predicted molar refractivity (Wildman–Crippen MR) is 149 cm³/mol. The lowest BCUT2D eigenvalue weighted by atomic mass is 10.1. The van der Waals surface area contributed by atoms with E-state index in [9.17, 15) is 13.5 Å². The van der Waals surface area contributed by atoms with Gasteiger partial charge < -0.3 is 10.4 Å². The lowest BCUT2D eigenvalue weighted by molar-refractivity contribution is 0.186. The summed E-state index contributed by atoms with van der Waals surface area (Å²) in [5.74, 6) is 0.743. The molecule has 5 aromatic rings. The smallest absolute Gasteiger partial charge is 0.242 e. The third-order valence-corrected chi connectivity index (χ3v) is 7.54. The van der Waals surface area contributed by atoms with Gasteiger partial charge in [0, 0.05) is 48.0 Å². The van der Waals surface area contributed by atoms with E-state index < -0.39 is 21.7 Å². The summed E-state index contributed by atoms with van der Waals surface area (Å²) in [6, 6.07) is 18.6. The quantitative estimate of drug-likeness (QED) is 0.267. The average Bonchev–Trinajstić information content (AvgIpc) is 3.36. The Bertz CT molecular complexity index is 1700. The highest BCUT2D eigenvalue weighted by molar-refractivity contribution is 7.89. The van der Waals surface area contributed by atoms with Crippen LogP contribution < -0.4 is 10.0 Å². The number of hydrogen-bond donors (Lipinski definition) is 3. The summed E-state index contributed by atoms with van der Waals surface area (Å²) in [6.45, 7) is 5.45. The van der Waals surface area contributed by atoms with Crippen LogP contribution in [-0.2, 0) is 10.0 Å². The fourth-order valence-electron chi connectivity index (χ4n) is 4.14. The van der Waals surface area contributed by atoms with Crippen LogP contribution >= 0.6 is 0 Å². The van der Waals surface area contributed by atoms with Crippen molar-refractivity contribution < 1.29 is 13.5 Å². The minimum atomic E-state index is -3.82. The third-order valence-electron chi connectivity index (χ3n) is 5.81. The first-order valence-electron chi connectivity index (χ1n) is 12.4. The monoisotopic (exact) mass is 543 g/mol. The highest BCUT2D eigenvalue weighted by atomic mass is 32.2. The van der Waals surface area contributed by atoms with E-state index in [4.69, 9.17) is 4.98 Å². The number of fused-ring (bicyclic) bond motifs is 1. The van der Waals surface area contributed by atoms with Gasteiger partial charge in [0.05, 0.1) is 5.69 Å². The van der Waals surface area contributed by atoms with Crippen LogP contribution in [0.25, 0.3) is 28.0 Å². The van der Waals surface area contributed by atoms with Gasteiger partial charge in [0.25, 0.3) is 0 Å². The van der Waals surface area contributed by atoms with Gasteiger partial charge in [-0.15, -0.1) is 5.10 Å². The Morgan fingerprint density at radius 3 is 2.49 bits per heavy atom. The van der Waals surface area contributed by atoms with E-state index in [0.717, 1.165) is 11.1 Å². The molecule has 0 saturated heterocycles. The second kappa shape index (κ2) is 10.5. The number of aliphatic hydroxyl groups is 1. The second-order valence-electron chi connectivity index (χ2n) is 10.1. The summed E-state index contributed by atoms with van der Waals surface area (Å²) in [4.78, 5) is 13.2. The maximum absolute atomic E-state index is 12.9. The number of aliphatic hydroxyl groups excluding tert-OH is 1. The number of aromatic nitrogens is 5. The molecule has 200 valence electrons. The van der Waals surface area contributed by atoms with Crippen molar-refractivity contribution in [1.82, 2.24) is 29.3 Å². The van der Waals surface area contributed by atoms with Gasteiger partial charge >= 0.3 is 0 Å². The van der Waals surface area contributed by atoms with Gasteiger partial charge in [0.1, 0.15) is 16.5 Å². The van der Waals surface area contributed by atoms with Crippen LogP contribution in [0.5, 0.6) is 0 Å². The molecule has 0 radical (unpaired) electrons. The molecule has 0 spiro atoms. The molecule has 0 aliphatic carbocycles. The van der Waals surface area contributed by atoms with Crippen LogP contribution in [0.15, 0.2) is 90.3 Å². The molecule has 1 atom stereocenters. The maximum atomic E-state index is 12.9. The number of pyridine rings is 2. The van der Waals surface area contributed by atoms with E-state index in [0.29, 0.717) is 22.6 Å². The molecule has 4 heterocycles. The van der Waals surface area contributed by atoms with E-state index in [-0.39, 0.29) is 17.3 Å². The normalized spacial score (nSPS) is 12.9. The van der Waals surface area contributed by atoms with E-state index in [2.05, 4.69) is 25.1 Å². The van der Waals surface area contributed by atoms with Gasteiger partial charge in [-0.2, -0.15) is 0 Å². The molecule has 10 nitrogen and oxygen atoms in total. The molecule has 3 N–H and O–H groups in total. The summed E-state index contributed by atoms with van der Waals surface area (Å²) in [5, 5.41) is 18.7. The number of nitrogens with one attached hydrogen (secondary N) is 2. The Kier molecular flexibility index (Phi) is 7.13. The Morgan fingerprint density at radius 2 is 1.77 bits per heavy atom. The highest BCUT2D eigenvalue weighted by Gasteiger charge is 2.24. The number of rotatable bonds is 8. The Labute approximate surface area is 226 Å². The van der Waals surface area contributed by atoms with Gasteiger partial charge in [-0.25, -0.2) is 22.6 Å². The molecule has 0 saturated carbocycles. The first kappa shape index (κ1) is 26.4. The molecule has 0 aliphatic rings. The van der Waals surface area contributed by atoms with E-state index in [1.165, 1.54) is 18.5 Å². The van der Waals surface area contributed by atoms with Gasteiger partial charge in [0.15, 0.2) is 11.6 Å². The molecule has 1 unspecified atom stereocenters. The molecule has 0 amide bonds. The first-order valence-corrected chi connectivity index (χ1v) is 13.9. The van der Waals surface area contributed by atoms with Gasteiger partial charge in [-0.05, 0) is 50.6 Å². The van der Waals surface area contributed by atoms with Crippen LogP contribution in [0, 0.1) is 0 Å². The lowest BCUT2D eigenvalue weighted by Gasteiger charge is -2.20. The summed E-state index contributed by atoms with van der Waals surface area (Å²) < 4.78 is 30.2. The topological polar surface area (TPSA) is 134 Å². The van der Waals surface area contributed by atoms with E-state index in [1.807, 2.05) is 48.7 Å². The average molecular weight is 544 g/mol. The van der Waals surface area contributed by atoms with Crippen LogP contribution in [-0.4, -0.2) is 50.2 Å². The van der Waals surface area contributed by atoms with Crippen molar-refractivity contribution in [3.05, 3.63) is 91.1 Å². The van der Waals surface area contributed by atoms with Crippen LogP contribution in [0.4, 0.5) is 5.82 Å². The fraction of sp³-hybridized carbons (Fsp3) is 0.214. The largest absolute Gasteiger partial charge is 0.385 e. The number of nitrogens with zero attached hydrogens (tertiary/aromatic N) is 5. The third kappa shape index (κ3) is 5.95. The molecule has 0 aliphatic heterocycles. The molecular weight excluding hydrogens is 514 g/mol. The minimum Gasteiger partial charge on any atom is -0.385 e. The Morgan fingerprint density at radius 1 is 1.00 bits per heavy atom. The number of hydrogen-bond acceptors (Lipinski definition) is 8. The zero-order chi connectivity index (χ0) is 27.6. The molecule has 11 heteroatoms. The van der Waals surface area contributed by atoms with Crippen molar-refractivity contribution in [1.29, 1.82) is 0 Å². The molecule has 0 bridgehead atoms. The van der Waals surface area contributed by atoms with Crippen LogP contribution in [0.2, 0.25) is 0 Å². The molecule has 39 heavy (non-hydrogen) atoms. The summed E-state index contributed by atoms with van der Waals surface area (Å²) in [5.41, 5.74) is 2.89. The lowest BCUT2D eigenvalue weighted by Crippen LogP contribution is -2.40. The first-order chi connectivity index (χ1) is 18.6. The maximum Gasteiger partial charge on any atom is 0.242 e. The predicted octanol–water partition coefficient (Wildman–Crippen LogP) is 4.08. The summed E-state index contributed by atoms with van der Waals surface area (Å²) in [7, 11) is -3.82. The van der Waals surface area contributed by atoms with Crippen molar-refractivity contribution in [2.45, 2.75) is 37.3 Å². The van der Waals surface area contributed by atoms with Gasteiger partial charge in [0.2, 0.25) is 10.0 Å². The van der Waals surface area contributed by atoms with Crippen molar-refractivity contribution in [2.75, 3.05) is 11.9 Å². The molecule has 1 aromatic carbocycles.